The number of nitrogens with zero attached hydrogens (tertiary/aromatic N) is 3. The van der Waals surface area contributed by atoms with E-state index < -0.39 is 16.7 Å². The summed E-state index contributed by atoms with van der Waals surface area (Å²) >= 11 is 0. The van der Waals surface area contributed by atoms with Crippen LogP contribution < -0.4 is 5.32 Å². The van der Waals surface area contributed by atoms with Gasteiger partial charge in [-0.05, 0) is 37.9 Å². The molecule has 1 aromatic heterocycles. The minimum absolute atomic E-state index is 0.132. The van der Waals surface area contributed by atoms with Crippen molar-refractivity contribution in [2.75, 3.05) is 26.0 Å². The van der Waals surface area contributed by atoms with E-state index in [0.717, 1.165) is 18.3 Å². The van der Waals surface area contributed by atoms with Gasteiger partial charge >= 0.3 is 6.18 Å². The summed E-state index contributed by atoms with van der Waals surface area (Å²) in [6.45, 7) is 0.291. The minimum Gasteiger partial charge on any atom is -0.368 e. The Balaban J connectivity index is 2.15. The van der Waals surface area contributed by atoms with E-state index in [1.54, 1.807) is 25.1 Å². The lowest BCUT2D eigenvalue weighted by Crippen LogP contribution is -2.27. The lowest BCUT2D eigenvalue weighted by Gasteiger charge is -2.26. The Kier molecular flexibility index (Phi) is 5.58. The van der Waals surface area contributed by atoms with Crippen LogP contribution in [-0.4, -0.2) is 35.4 Å². The Morgan fingerprint density at radius 1 is 1.28 bits per heavy atom. The first kappa shape index (κ1) is 18.7. The van der Waals surface area contributed by atoms with Gasteiger partial charge in [0.15, 0.2) is 0 Å². The van der Waals surface area contributed by atoms with E-state index in [1.807, 2.05) is 0 Å². The van der Waals surface area contributed by atoms with E-state index in [9.17, 15) is 23.3 Å². The molecule has 0 aliphatic carbocycles. The van der Waals surface area contributed by atoms with Gasteiger partial charge in [-0.15, -0.1) is 0 Å². The zero-order valence-corrected chi connectivity index (χ0v) is 13.6. The third-order valence-electron chi connectivity index (χ3n) is 3.66. The number of likely N-dealkylation sites (N-methyl/N-ethyl adjacent to an activating group) is 1. The number of aromatic nitrogens is 1. The van der Waals surface area contributed by atoms with Gasteiger partial charge in [0.05, 0.1) is 16.5 Å². The maximum absolute atomic E-state index is 12.9. The van der Waals surface area contributed by atoms with E-state index in [2.05, 4.69) is 10.3 Å². The van der Waals surface area contributed by atoms with E-state index in [0.29, 0.717) is 17.9 Å². The Bertz CT molecular complexity index is 733. The molecule has 25 heavy (non-hydrogen) atoms. The summed E-state index contributed by atoms with van der Waals surface area (Å²) in [5.41, 5.74) is -0.327. The highest BCUT2D eigenvalue weighted by Crippen LogP contribution is 2.31. The average molecular weight is 354 g/mol. The molecular formula is C16H17F3N4O2. The van der Waals surface area contributed by atoms with Gasteiger partial charge < -0.3 is 10.2 Å². The van der Waals surface area contributed by atoms with Gasteiger partial charge in [-0.25, -0.2) is 4.98 Å². The van der Waals surface area contributed by atoms with Crippen LogP contribution in [0.1, 0.15) is 17.2 Å². The van der Waals surface area contributed by atoms with Crippen molar-refractivity contribution in [1.29, 1.82) is 0 Å². The summed E-state index contributed by atoms with van der Waals surface area (Å²) in [7, 11) is 3.52. The maximum atomic E-state index is 12.9. The molecule has 1 aromatic carbocycles. The first-order valence-corrected chi connectivity index (χ1v) is 7.36. The van der Waals surface area contributed by atoms with Crippen LogP contribution in [0.15, 0.2) is 42.6 Å². The molecule has 1 heterocycles. The summed E-state index contributed by atoms with van der Waals surface area (Å²) in [6, 6.07) is 7.58. The zero-order valence-electron chi connectivity index (χ0n) is 13.6. The number of halogens is 3. The van der Waals surface area contributed by atoms with Crippen LogP contribution in [0, 0.1) is 10.1 Å². The van der Waals surface area contributed by atoms with Crippen LogP contribution in [0.2, 0.25) is 0 Å². The fourth-order valence-electron chi connectivity index (χ4n) is 2.32. The topological polar surface area (TPSA) is 71.3 Å². The van der Waals surface area contributed by atoms with Crippen molar-refractivity contribution < 1.29 is 18.1 Å². The molecule has 0 amide bonds. The highest BCUT2D eigenvalue weighted by molar-refractivity contribution is 5.40. The summed E-state index contributed by atoms with van der Waals surface area (Å²) in [4.78, 5) is 15.8. The van der Waals surface area contributed by atoms with E-state index in [-0.39, 0.29) is 11.7 Å². The molecule has 0 saturated carbocycles. The minimum atomic E-state index is -4.40. The first-order valence-electron chi connectivity index (χ1n) is 7.36. The molecule has 0 spiro atoms. The van der Waals surface area contributed by atoms with Crippen molar-refractivity contribution in [3.05, 3.63) is 63.8 Å². The van der Waals surface area contributed by atoms with Crippen LogP contribution >= 0.6 is 0 Å². The summed E-state index contributed by atoms with van der Waals surface area (Å²) in [5.74, 6) is 0.407. The van der Waals surface area contributed by atoms with Crippen molar-refractivity contribution in [2.45, 2.75) is 12.2 Å². The van der Waals surface area contributed by atoms with E-state index >= 15 is 0 Å². The number of benzene rings is 1. The average Bonchev–Trinajstić information content (AvgIpc) is 2.54. The second kappa shape index (κ2) is 7.47. The highest BCUT2D eigenvalue weighted by Gasteiger charge is 2.31. The van der Waals surface area contributed by atoms with Gasteiger partial charge in [-0.1, -0.05) is 12.1 Å². The van der Waals surface area contributed by atoms with Crippen LogP contribution in [-0.2, 0) is 6.18 Å². The van der Waals surface area contributed by atoms with Crippen molar-refractivity contribution in [3.8, 4) is 0 Å². The van der Waals surface area contributed by atoms with Crippen molar-refractivity contribution in [3.63, 3.8) is 0 Å². The predicted octanol–water partition coefficient (Wildman–Crippen LogP) is 3.72. The molecule has 0 aliphatic heterocycles. The summed E-state index contributed by atoms with van der Waals surface area (Å²) in [6.07, 6.45) is -3.28. The van der Waals surface area contributed by atoms with Gasteiger partial charge in [-0.2, -0.15) is 13.2 Å². The zero-order chi connectivity index (χ0) is 18.6. The van der Waals surface area contributed by atoms with Gasteiger partial charge in [0.25, 0.3) is 5.69 Å². The number of anilines is 1. The molecule has 134 valence electrons. The van der Waals surface area contributed by atoms with Gasteiger partial charge in [0.2, 0.25) is 0 Å². The Hall–Kier alpha value is -2.68. The van der Waals surface area contributed by atoms with Gasteiger partial charge in [0, 0.05) is 12.6 Å². The molecular weight excluding hydrogens is 337 g/mol. The van der Waals surface area contributed by atoms with Crippen LogP contribution in [0.3, 0.4) is 0 Å². The largest absolute Gasteiger partial charge is 0.416 e. The lowest BCUT2D eigenvalue weighted by atomic mass is 10.0. The first-order chi connectivity index (χ1) is 11.7. The molecule has 0 bridgehead atoms. The molecule has 1 unspecified atom stereocenters. The molecule has 0 radical (unpaired) electrons. The van der Waals surface area contributed by atoms with E-state index in [4.69, 9.17) is 0 Å². The fourth-order valence-corrected chi connectivity index (χ4v) is 2.32. The number of rotatable bonds is 6. The molecule has 1 N–H and O–H groups in total. The van der Waals surface area contributed by atoms with Gasteiger partial charge in [-0.3, -0.25) is 10.1 Å². The second-order valence-electron chi connectivity index (χ2n) is 5.64. The molecule has 6 nitrogen and oxygen atoms in total. The molecule has 0 fully saturated rings. The molecule has 0 aliphatic rings. The number of alkyl halides is 3. The number of nitro groups is 1. The molecule has 2 aromatic rings. The highest BCUT2D eigenvalue weighted by atomic mass is 19.4. The van der Waals surface area contributed by atoms with Crippen molar-refractivity contribution >= 4 is 11.5 Å². The van der Waals surface area contributed by atoms with E-state index in [1.165, 1.54) is 18.2 Å². The molecule has 2 rings (SSSR count). The molecule has 1 atom stereocenters. The maximum Gasteiger partial charge on any atom is 0.416 e. The Morgan fingerprint density at radius 2 is 2.00 bits per heavy atom. The van der Waals surface area contributed by atoms with Crippen molar-refractivity contribution in [1.82, 2.24) is 9.88 Å². The van der Waals surface area contributed by atoms with Crippen molar-refractivity contribution in [2.24, 2.45) is 0 Å². The smallest absolute Gasteiger partial charge is 0.368 e. The normalized spacial score (nSPS) is 12.9. The monoisotopic (exact) mass is 354 g/mol. The quantitative estimate of drug-likeness (QED) is 0.632. The van der Waals surface area contributed by atoms with Crippen LogP contribution in [0.25, 0.3) is 0 Å². The fraction of sp³-hybridized carbons (Fsp3) is 0.312. The number of hydrogen-bond acceptors (Lipinski definition) is 5. The predicted molar refractivity (Wildman–Crippen MR) is 87.3 cm³/mol. The number of nitrogens with one attached hydrogen (secondary N) is 1. The van der Waals surface area contributed by atoms with Crippen LogP contribution in [0.4, 0.5) is 24.7 Å². The SMILES string of the molecule is CN(C)C(CNc1ccc([N+](=O)[O-])cn1)c1cccc(C(F)(F)F)c1. The van der Waals surface area contributed by atoms with Gasteiger partial charge in [0.1, 0.15) is 12.0 Å². The Morgan fingerprint density at radius 3 is 2.52 bits per heavy atom. The number of pyridine rings is 1. The number of hydrogen-bond donors (Lipinski definition) is 1. The lowest BCUT2D eigenvalue weighted by molar-refractivity contribution is -0.385. The third-order valence-corrected chi connectivity index (χ3v) is 3.66. The Labute approximate surface area is 142 Å². The standard InChI is InChI=1S/C16H17F3N4O2/c1-22(2)14(11-4-3-5-12(8-11)16(17,18)19)10-21-15-7-6-13(9-20-15)23(24)25/h3-9,14H,10H2,1-2H3,(H,20,21). The van der Waals surface area contributed by atoms with Crippen LogP contribution in [0.5, 0.6) is 0 Å². The summed E-state index contributed by atoms with van der Waals surface area (Å²) < 4.78 is 38.7. The molecule has 0 saturated heterocycles. The third kappa shape index (κ3) is 4.90. The summed E-state index contributed by atoms with van der Waals surface area (Å²) in [5, 5.41) is 13.6. The molecule has 9 heteroatoms. The second-order valence-corrected chi connectivity index (χ2v) is 5.64.